The maximum absolute atomic E-state index is 16.2. The topological polar surface area (TPSA) is 27.7 Å². The van der Waals surface area contributed by atoms with Crippen LogP contribution in [-0.2, 0) is 18.9 Å². The third kappa shape index (κ3) is 15.5. The molecule has 1 aliphatic rings. The lowest BCUT2D eigenvalue weighted by Gasteiger charge is -2.30. The van der Waals surface area contributed by atoms with Gasteiger partial charge in [0.2, 0.25) is 0 Å². The molecule has 0 spiro atoms. The van der Waals surface area contributed by atoms with Crippen molar-refractivity contribution in [1.29, 1.82) is 0 Å². The minimum Gasteiger partial charge on any atom is -0.377 e. The second-order valence-electron chi connectivity index (χ2n) is 15.7. The van der Waals surface area contributed by atoms with Gasteiger partial charge in [-0.2, -0.15) is 0 Å². The highest BCUT2D eigenvalue weighted by Crippen LogP contribution is 2.44. The van der Waals surface area contributed by atoms with Crippen molar-refractivity contribution in [1.82, 2.24) is 0 Å². The average Bonchev–Trinajstić information content (AvgIpc) is 3.19. The van der Waals surface area contributed by atoms with Crippen molar-refractivity contribution in [3.63, 3.8) is 0 Å². The highest BCUT2D eigenvalue weighted by atomic mass is 28.4. The van der Waals surface area contributed by atoms with Gasteiger partial charge in [0.15, 0.2) is 0 Å². The second-order valence-corrected chi connectivity index (χ2v) is 18.8. The first-order chi connectivity index (χ1) is 26.0. The van der Waals surface area contributed by atoms with Crippen molar-refractivity contribution in [2.75, 3.05) is 21.3 Å². The molecule has 53 heavy (non-hydrogen) atoms. The van der Waals surface area contributed by atoms with Crippen molar-refractivity contribution in [2.45, 2.75) is 186 Å². The van der Waals surface area contributed by atoms with Gasteiger partial charge >= 0.3 is 8.80 Å². The van der Waals surface area contributed by atoms with E-state index in [1.54, 1.807) is 21.3 Å². The number of benzene rings is 3. The van der Waals surface area contributed by atoms with Crippen LogP contribution >= 0.6 is 0 Å². The number of allylic oxidation sites excluding steroid dienone is 1. The third-order valence-electron chi connectivity index (χ3n) is 11.6. The van der Waals surface area contributed by atoms with Gasteiger partial charge in [0.05, 0.1) is 0 Å². The molecular weight excluding hydrogens is 672 g/mol. The molecule has 4 rings (SSSR count). The zero-order valence-electron chi connectivity index (χ0n) is 34.8. The Labute approximate surface area is 326 Å². The quantitative estimate of drug-likeness (QED) is 0.0420. The molecule has 298 valence electrons. The van der Waals surface area contributed by atoms with Crippen LogP contribution in [0, 0.1) is 0 Å². The minimum absolute atomic E-state index is 0.512. The first kappa shape index (κ1) is 45.3. The number of hydrogen-bond donors (Lipinski definition) is 0. The lowest BCUT2D eigenvalue weighted by atomic mass is 9.79. The number of hydrogen-bond acceptors (Lipinski definition) is 3. The zero-order chi connectivity index (χ0) is 38.0. The van der Waals surface area contributed by atoms with E-state index >= 15 is 4.39 Å². The normalized spacial score (nSPS) is 15.5. The fourth-order valence-corrected chi connectivity index (χ4v) is 10.00. The van der Waals surface area contributed by atoms with E-state index in [0.29, 0.717) is 12.8 Å². The highest BCUT2D eigenvalue weighted by molar-refractivity contribution is 6.60. The molecule has 1 unspecified atom stereocenters. The molecule has 5 heteroatoms. The van der Waals surface area contributed by atoms with Crippen LogP contribution < -0.4 is 0 Å². The molecule has 0 amide bonds. The van der Waals surface area contributed by atoms with E-state index in [-0.39, 0.29) is 0 Å². The molecule has 1 aliphatic carbocycles. The fraction of sp³-hybridized carbons (Fsp3) is 0.667. The second kappa shape index (κ2) is 26.7. The lowest BCUT2D eigenvalue weighted by Crippen LogP contribution is -2.42. The summed E-state index contributed by atoms with van der Waals surface area (Å²) in [4.78, 5) is 0. The van der Waals surface area contributed by atoms with E-state index in [1.165, 1.54) is 150 Å². The average molecular weight is 749 g/mol. The monoisotopic (exact) mass is 749 g/mol. The van der Waals surface area contributed by atoms with Crippen LogP contribution in [0.25, 0.3) is 27.6 Å². The van der Waals surface area contributed by atoms with E-state index in [0.717, 1.165) is 36.4 Å². The van der Waals surface area contributed by atoms with Crippen LogP contribution in [0.4, 0.5) is 4.39 Å². The molecule has 0 saturated heterocycles. The summed E-state index contributed by atoms with van der Waals surface area (Å²) in [7, 11) is 2.75. The zero-order valence-corrected chi connectivity index (χ0v) is 35.8. The van der Waals surface area contributed by atoms with Crippen molar-refractivity contribution >= 4 is 36.4 Å². The molecule has 3 aromatic rings. The largest absolute Gasteiger partial charge is 0.500 e. The molecule has 0 saturated carbocycles. The maximum Gasteiger partial charge on any atom is 0.500 e. The summed E-state index contributed by atoms with van der Waals surface area (Å²) in [5.74, 6) is 0. The molecule has 1 atom stereocenters. The summed E-state index contributed by atoms with van der Waals surface area (Å²) in [6.07, 6.45) is 36.1. The van der Waals surface area contributed by atoms with Crippen LogP contribution in [0.5, 0.6) is 0 Å². The van der Waals surface area contributed by atoms with Crippen LogP contribution in [0.1, 0.15) is 185 Å². The summed E-state index contributed by atoms with van der Waals surface area (Å²) in [6.45, 7) is 4.54. The first-order valence-corrected chi connectivity index (χ1v) is 23.9. The van der Waals surface area contributed by atoms with Crippen LogP contribution in [-0.4, -0.2) is 30.1 Å². The maximum atomic E-state index is 16.2. The third-order valence-corrected chi connectivity index (χ3v) is 14.5. The SMILES string of the molecule is CCCCCCCCCCCCCCCCCC1(F)CC=Cc2c1ccc1c2ccc2ccccc21.CCCCCCCCCC[Si](OC)(OC)OC. The first-order valence-electron chi connectivity index (χ1n) is 21.9. The molecule has 3 nitrogen and oxygen atoms in total. The Kier molecular flexibility index (Phi) is 22.8. The summed E-state index contributed by atoms with van der Waals surface area (Å²) >= 11 is 0. The van der Waals surface area contributed by atoms with E-state index in [9.17, 15) is 0 Å². The summed E-state index contributed by atoms with van der Waals surface area (Å²) in [5, 5.41) is 4.91. The molecule has 0 N–H and O–H groups in total. The van der Waals surface area contributed by atoms with Gasteiger partial charge < -0.3 is 13.3 Å². The van der Waals surface area contributed by atoms with Crippen molar-refractivity contribution in [3.8, 4) is 0 Å². The van der Waals surface area contributed by atoms with E-state index < -0.39 is 14.5 Å². The number of fused-ring (bicyclic) bond motifs is 5. The molecular formula is C48H77FO3Si. The molecule has 0 bridgehead atoms. The van der Waals surface area contributed by atoms with Crippen molar-refractivity contribution < 1.29 is 17.7 Å². The van der Waals surface area contributed by atoms with Crippen LogP contribution in [0.3, 0.4) is 0 Å². The van der Waals surface area contributed by atoms with E-state index in [2.05, 4.69) is 74.5 Å². The lowest BCUT2D eigenvalue weighted by molar-refractivity contribution is 0.122. The number of alkyl halides is 1. The van der Waals surface area contributed by atoms with Gasteiger partial charge in [0.1, 0.15) is 5.67 Å². The molecule has 0 radical (unpaired) electrons. The van der Waals surface area contributed by atoms with Gasteiger partial charge in [-0.25, -0.2) is 4.39 Å². The van der Waals surface area contributed by atoms with Gasteiger partial charge in [-0.1, -0.05) is 209 Å². The minimum atomic E-state index is -2.30. The summed E-state index contributed by atoms with van der Waals surface area (Å²) in [6, 6.07) is 18.0. The van der Waals surface area contributed by atoms with Gasteiger partial charge in [-0.3, -0.25) is 0 Å². The van der Waals surface area contributed by atoms with Gasteiger partial charge in [-0.05, 0) is 51.9 Å². The number of rotatable bonds is 28. The van der Waals surface area contributed by atoms with E-state index in [1.807, 2.05) is 0 Å². The Morgan fingerprint density at radius 1 is 0.528 bits per heavy atom. The summed E-state index contributed by atoms with van der Waals surface area (Å²) < 4.78 is 32.4. The Hall–Kier alpha value is -2.05. The van der Waals surface area contributed by atoms with Crippen molar-refractivity contribution in [2.24, 2.45) is 0 Å². The molecule has 0 aromatic heterocycles. The van der Waals surface area contributed by atoms with Crippen LogP contribution in [0.2, 0.25) is 6.04 Å². The van der Waals surface area contributed by atoms with Gasteiger partial charge in [-0.15, -0.1) is 0 Å². The molecule has 0 fully saturated rings. The van der Waals surface area contributed by atoms with Crippen LogP contribution in [0.15, 0.2) is 54.6 Å². The Morgan fingerprint density at radius 3 is 1.53 bits per heavy atom. The molecule has 0 aliphatic heterocycles. The molecule has 3 aromatic carbocycles. The highest BCUT2D eigenvalue weighted by Gasteiger charge is 2.37. The Bertz CT molecular complexity index is 1410. The van der Waals surface area contributed by atoms with Gasteiger partial charge in [0.25, 0.3) is 0 Å². The predicted octanol–water partition coefficient (Wildman–Crippen LogP) is 15.8. The van der Waals surface area contributed by atoms with Crippen molar-refractivity contribution in [3.05, 3.63) is 65.7 Å². The predicted molar refractivity (Wildman–Crippen MR) is 232 cm³/mol. The van der Waals surface area contributed by atoms with E-state index in [4.69, 9.17) is 13.3 Å². The fourth-order valence-electron chi connectivity index (χ4n) is 8.20. The number of halogens is 1. The Morgan fingerprint density at radius 2 is 1.00 bits per heavy atom. The standard InChI is InChI=1S/C35H47F.C13H30O3Si/c1-2-3-4-5-6-7-8-9-10-11-12-13-14-15-18-27-35(36)28-19-22-33-32-24-23-29-20-16-17-21-30(29)31(32)25-26-34(33)35;1-5-6-7-8-9-10-11-12-13-17(14-2,15-3)16-4/h16-17,19-26H,2-15,18,27-28H2,1H3;5-13H2,1-4H3. The smallest absolute Gasteiger partial charge is 0.377 e. The van der Waals surface area contributed by atoms with Gasteiger partial charge in [0, 0.05) is 33.8 Å². The number of unbranched alkanes of at least 4 members (excludes halogenated alkanes) is 21. The summed E-state index contributed by atoms with van der Waals surface area (Å²) in [5.41, 5.74) is 0.770. The molecule has 0 heterocycles. The Balaban J connectivity index is 0.000000377.